The lowest BCUT2D eigenvalue weighted by atomic mass is 10.0. The molecule has 1 atom stereocenters. The van der Waals surface area contributed by atoms with Gasteiger partial charge >= 0.3 is 0 Å². The van der Waals surface area contributed by atoms with Crippen LogP contribution in [0.1, 0.15) is 37.3 Å². The van der Waals surface area contributed by atoms with E-state index in [0.29, 0.717) is 0 Å². The Morgan fingerprint density at radius 2 is 2.11 bits per heavy atom. The van der Waals surface area contributed by atoms with E-state index in [9.17, 15) is 0 Å². The maximum Gasteiger partial charge on any atom is 0.122 e. The normalized spacial score (nSPS) is 15.9. The van der Waals surface area contributed by atoms with E-state index in [1.54, 1.807) is 0 Å². The van der Waals surface area contributed by atoms with Gasteiger partial charge in [0.2, 0.25) is 0 Å². The summed E-state index contributed by atoms with van der Waals surface area (Å²) in [4.78, 5) is 0. The Labute approximate surface area is 116 Å². The second-order valence-corrected chi connectivity index (χ2v) is 5.24. The first-order valence-electron chi connectivity index (χ1n) is 6.67. The van der Waals surface area contributed by atoms with E-state index in [-0.39, 0.29) is 18.4 Å². The monoisotopic (exact) mass is 269 g/mol. The third kappa shape index (κ3) is 4.51. The van der Waals surface area contributed by atoms with Crippen LogP contribution in [0.5, 0.6) is 5.75 Å². The molecule has 2 rings (SSSR count). The van der Waals surface area contributed by atoms with Crippen molar-refractivity contribution in [3.63, 3.8) is 0 Å². The quantitative estimate of drug-likeness (QED) is 0.858. The minimum Gasteiger partial charge on any atom is -0.493 e. The Kier molecular flexibility index (Phi) is 5.97. The molecule has 0 heterocycles. The van der Waals surface area contributed by atoms with Gasteiger partial charge in [-0.25, -0.2) is 0 Å². The fourth-order valence-electron chi connectivity index (χ4n) is 1.88. The number of nitrogens with two attached hydrogens (primary N) is 1. The maximum absolute atomic E-state index is 6.02. The lowest BCUT2D eigenvalue weighted by Crippen LogP contribution is -2.21. The summed E-state index contributed by atoms with van der Waals surface area (Å²) >= 11 is 0. The fourth-order valence-corrected chi connectivity index (χ4v) is 1.88. The number of hydrogen-bond acceptors (Lipinski definition) is 2. The molecule has 2 N–H and O–H groups in total. The van der Waals surface area contributed by atoms with Gasteiger partial charge in [-0.15, -0.1) is 12.4 Å². The first kappa shape index (κ1) is 15.3. The van der Waals surface area contributed by atoms with E-state index in [1.165, 1.54) is 24.0 Å². The number of ether oxygens (including phenoxy) is 1. The zero-order valence-electron chi connectivity index (χ0n) is 11.3. The van der Waals surface area contributed by atoms with Crippen molar-refractivity contribution in [3.8, 4) is 5.75 Å². The molecule has 0 amide bonds. The second kappa shape index (κ2) is 7.01. The van der Waals surface area contributed by atoms with Crippen LogP contribution in [-0.2, 0) is 6.42 Å². The molecule has 1 aliphatic carbocycles. The van der Waals surface area contributed by atoms with Crippen LogP contribution in [0.15, 0.2) is 18.2 Å². The summed E-state index contributed by atoms with van der Waals surface area (Å²) in [5.74, 6) is 1.84. The zero-order valence-corrected chi connectivity index (χ0v) is 12.1. The molecule has 0 aromatic heterocycles. The first-order valence-corrected chi connectivity index (χ1v) is 6.67. The molecule has 1 unspecified atom stereocenters. The van der Waals surface area contributed by atoms with Crippen LogP contribution in [0.2, 0.25) is 0 Å². The molecule has 1 aromatic rings. The Morgan fingerprint density at radius 3 is 2.72 bits per heavy atom. The van der Waals surface area contributed by atoms with Gasteiger partial charge in [0.15, 0.2) is 0 Å². The van der Waals surface area contributed by atoms with Gasteiger partial charge in [0.1, 0.15) is 5.75 Å². The van der Waals surface area contributed by atoms with Gasteiger partial charge in [-0.1, -0.05) is 19.1 Å². The zero-order chi connectivity index (χ0) is 12.3. The molecular weight excluding hydrogens is 246 g/mol. The van der Waals surface area contributed by atoms with Crippen LogP contribution in [0.4, 0.5) is 0 Å². The molecule has 1 aromatic carbocycles. The van der Waals surface area contributed by atoms with Crippen molar-refractivity contribution in [1.29, 1.82) is 0 Å². The molecule has 1 saturated carbocycles. The van der Waals surface area contributed by atoms with Crippen molar-refractivity contribution >= 4 is 12.4 Å². The third-order valence-electron chi connectivity index (χ3n) is 3.40. The Hall–Kier alpha value is -0.730. The van der Waals surface area contributed by atoms with Crippen molar-refractivity contribution in [3.05, 3.63) is 29.3 Å². The summed E-state index contributed by atoms with van der Waals surface area (Å²) in [6.07, 6.45) is 4.58. The van der Waals surface area contributed by atoms with Gasteiger partial charge in [-0.3, -0.25) is 0 Å². The summed E-state index contributed by atoms with van der Waals surface area (Å²) in [5, 5.41) is 0. The van der Waals surface area contributed by atoms with E-state index in [4.69, 9.17) is 10.5 Å². The van der Waals surface area contributed by atoms with E-state index in [0.717, 1.165) is 31.1 Å². The molecular formula is C15H24ClNO. The Balaban J connectivity index is 0.00000162. The number of hydrogen-bond donors (Lipinski definition) is 1. The predicted octanol–water partition coefficient (Wildman–Crippen LogP) is 3.49. The summed E-state index contributed by atoms with van der Waals surface area (Å²) in [6, 6.07) is 6.68. The van der Waals surface area contributed by atoms with Gasteiger partial charge in [-0.05, 0) is 55.7 Å². The molecule has 102 valence electrons. The van der Waals surface area contributed by atoms with E-state index < -0.39 is 0 Å². The second-order valence-electron chi connectivity index (χ2n) is 5.24. The van der Waals surface area contributed by atoms with Gasteiger partial charge < -0.3 is 10.5 Å². The molecule has 18 heavy (non-hydrogen) atoms. The smallest absolute Gasteiger partial charge is 0.122 e. The van der Waals surface area contributed by atoms with Crippen molar-refractivity contribution in [2.45, 2.75) is 45.6 Å². The van der Waals surface area contributed by atoms with Crippen molar-refractivity contribution in [2.24, 2.45) is 11.7 Å². The van der Waals surface area contributed by atoms with Gasteiger partial charge in [0.25, 0.3) is 0 Å². The van der Waals surface area contributed by atoms with Crippen molar-refractivity contribution in [2.75, 3.05) is 6.61 Å². The largest absolute Gasteiger partial charge is 0.493 e. The van der Waals surface area contributed by atoms with Crippen LogP contribution in [0.25, 0.3) is 0 Å². The van der Waals surface area contributed by atoms with E-state index >= 15 is 0 Å². The lowest BCUT2D eigenvalue weighted by Gasteiger charge is -2.15. The summed E-state index contributed by atoms with van der Waals surface area (Å²) < 4.78 is 5.93. The van der Waals surface area contributed by atoms with Crippen LogP contribution in [0, 0.1) is 12.8 Å². The van der Waals surface area contributed by atoms with Crippen LogP contribution < -0.4 is 10.5 Å². The third-order valence-corrected chi connectivity index (χ3v) is 3.40. The molecule has 0 radical (unpaired) electrons. The lowest BCUT2D eigenvalue weighted by molar-refractivity contribution is 0.296. The highest BCUT2D eigenvalue weighted by Gasteiger charge is 2.22. The topological polar surface area (TPSA) is 35.2 Å². The summed E-state index contributed by atoms with van der Waals surface area (Å²) in [6.45, 7) is 5.11. The first-order chi connectivity index (χ1) is 8.19. The van der Waals surface area contributed by atoms with E-state index in [2.05, 4.69) is 32.0 Å². The molecule has 1 aliphatic rings. The van der Waals surface area contributed by atoms with Crippen LogP contribution >= 0.6 is 12.4 Å². The van der Waals surface area contributed by atoms with E-state index in [1.807, 2.05) is 0 Å². The molecule has 0 bridgehead atoms. The van der Waals surface area contributed by atoms with Crippen molar-refractivity contribution in [1.82, 2.24) is 0 Å². The number of benzene rings is 1. The SMILES string of the molecule is CCC(N)Cc1ccc(C)cc1OCC1CC1.Cl. The van der Waals surface area contributed by atoms with Crippen molar-refractivity contribution < 1.29 is 4.74 Å². The van der Waals surface area contributed by atoms with Gasteiger partial charge in [0, 0.05) is 6.04 Å². The van der Waals surface area contributed by atoms with Crippen LogP contribution in [0.3, 0.4) is 0 Å². The summed E-state index contributed by atoms with van der Waals surface area (Å²) in [7, 11) is 0. The molecule has 1 fully saturated rings. The highest BCUT2D eigenvalue weighted by molar-refractivity contribution is 5.85. The number of rotatable bonds is 6. The Bertz CT molecular complexity index is 377. The van der Waals surface area contributed by atoms with Crippen LogP contribution in [-0.4, -0.2) is 12.6 Å². The molecule has 3 heteroatoms. The average molecular weight is 270 g/mol. The molecule has 0 spiro atoms. The number of aryl methyl sites for hydroxylation is 1. The van der Waals surface area contributed by atoms with Gasteiger partial charge in [-0.2, -0.15) is 0 Å². The minimum atomic E-state index is 0. The average Bonchev–Trinajstić information content (AvgIpc) is 3.13. The number of halogens is 1. The Morgan fingerprint density at radius 1 is 1.39 bits per heavy atom. The minimum absolute atomic E-state index is 0. The highest BCUT2D eigenvalue weighted by atomic mass is 35.5. The molecule has 2 nitrogen and oxygen atoms in total. The van der Waals surface area contributed by atoms with Gasteiger partial charge in [0.05, 0.1) is 6.61 Å². The molecule has 0 saturated heterocycles. The highest BCUT2D eigenvalue weighted by Crippen LogP contribution is 2.31. The molecule has 0 aliphatic heterocycles. The standard InChI is InChI=1S/C15H23NO.ClH/c1-3-14(16)9-13-7-4-11(2)8-15(13)17-10-12-5-6-12;/h4,7-8,12,14H,3,5-6,9-10,16H2,1-2H3;1H. The summed E-state index contributed by atoms with van der Waals surface area (Å²) in [5.41, 5.74) is 8.53. The fraction of sp³-hybridized carbons (Fsp3) is 0.600. The maximum atomic E-state index is 6.02. The predicted molar refractivity (Wildman–Crippen MR) is 78.6 cm³/mol.